The summed E-state index contributed by atoms with van der Waals surface area (Å²) in [5, 5.41) is 10.1. The molecule has 0 saturated heterocycles. The molecule has 1 nitrogen and oxygen atoms in total. The molecule has 1 aromatic carbocycles. The summed E-state index contributed by atoms with van der Waals surface area (Å²) in [5.74, 6) is 0. The summed E-state index contributed by atoms with van der Waals surface area (Å²) in [7, 11) is 0. The van der Waals surface area contributed by atoms with Crippen molar-refractivity contribution in [2.24, 2.45) is 0 Å². The summed E-state index contributed by atoms with van der Waals surface area (Å²) in [6, 6.07) is 10.3. The highest BCUT2D eigenvalue weighted by Crippen LogP contribution is 2.21. The van der Waals surface area contributed by atoms with E-state index in [0.717, 1.165) is 18.4 Å². The molecule has 0 aliphatic heterocycles. The Morgan fingerprint density at radius 2 is 1.93 bits per heavy atom. The van der Waals surface area contributed by atoms with Gasteiger partial charge < -0.3 is 5.11 Å². The van der Waals surface area contributed by atoms with Gasteiger partial charge in [-0.2, -0.15) is 0 Å². The van der Waals surface area contributed by atoms with E-state index in [0.29, 0.717) is 6.42 Å². The van der Waals surface area contributed by atoms with Crippen molar-refractivity contribution in [1.82, 2.24) is 0 Å². The first-order valence-corrected chi connectivity index (χ1v) is 5.40. The number of benzene rings is 1. The van der Waals surface area contributed by atoms with E-state index in [4.69, 9.17) is 0 Å². The zero-order valence-corrected chi connectivity index (χ0v) is 9.66. The molecule has 1 atom stereocenters. The minimum Gasteiger partial charge on any atom is -0.390 e. The van der Waals surface area contributed by atoms with E-state index in [1.165, 1.54) is 5.56 Å². The van der Waals surface area contributed by atoms with E-state index in [2.05, 4.69) is 18.7 Å². The summed E-state index contributed by atoms with van der Waals surface area (Å²) in [6.07, 6.45) is 2.38. The first-order valence-electron chi connectivity index (χ1n) is 5.40. The molecule has 15 heavy (non-hydrogen) atoms. The molecule has 0 radical (unpaired) electrons. The van der Waals surface area contributed by atoms with E-state index in [-0.39, 0.29) is 0 Å². The largest absolute Gasteiger partial charge is 0.390 e. The molecule has 0 amide bonds. The van der Waals surface area contributed by atoms with Gasteiger partial charge >= 0.3 is 0 Å². The van der Waals surface area contributed by atoms with Crippen molar-refractivity contribution in [3.05, 3.63) is 48.0 Å². The summed E-state index contributed by atoms with van der Waals surface area (Å²) < 4.78 is 0. The Bertz CT molecular complexity index is 311. The van der Waals surface area contributed by atoms with Crippen LogP contribution in [0.5, 0.6) is 0 Å². The van der Waals surface area contributed by atoms with Gasteiger partial charge in [0.15, 0.2) is 0 Å². The van der Waals surface area contributed by atoms with Crippen LogP contribution in [0, 0.1) is 0 Å². The molecule has 82 valence electrons. The molecule has 0 aliphatic rings. The first-order chi connectivity index (χ1) is 6.99. The van der Waals surface area contributed by atoms with Crippen LogP contribution < -0.4 is 0 Å². The lowest BCUT2D eigenvalue weighted by Crippen LogP contribution is -2.24. The predicted octanol–water partition coefficient (Wildman–Crippen LogP) is 3.34. The molecule has 1 N–H and O–H groups in total. The number of rotatable bonds is 5. The third-order valence-electron chi connectivity index (χ3n) is 2.48. The number of aliphatic hydroxyl groups is 1. The maximum absolute atomic E-state index is 10.1. The lowest BCUT2D eigenvalue weighted by Gasteiger charge is -2.23. The SMILES string of the molecule is C=C(C)C[C@@](C)(O)CCc1ccccc1. The van der Waals surface area contributed by atoms with Crippen LogP contribution in [0.25, 0.3) is 0 Å². The molecule has 1 heteroatoms. The van der Waals surface area contributed by atoms with Gasteiger partial charge in [0, 0.05) is 0 Å². The average molecular weight is 204 g/mol. The number of aryl methyl sites for hydroxylation is 1. The van der Waals surface area contributed by atoms with Crippen molar-refractivity contribution in [2.45, 2.75) is 38.7 Å². The molecule has 0 aromatic heterocycles. The van der Waals surface area contributed by atoms with Gasteiger partial charge in [0.05, 0.1) is 5.60 Å². The van der Waals surface area contributed by atoms with Crippen LogP contribution in [0.15, 0.2) is 42.5 Å². The third kappa shape index (κ3) is 4.80. The molecular weight excluding hydrogens is 184 g/mol. The standard InChI is InChI=1S/C14H20O/c1-12(2)11-14(3,15)10-9-13-7-5-4-6-8-13/h4-8,15H,1,9-11H2,2-3H3/t14-/m0/s1. The lowest BCUT2D eigenvalue weighted by molar-refractivity contribution is 0.0517. The number of hydrogen-bond donors (Lipinski definition) is 1. The molecule has 1 aromatic rings. The van der Waals surface area contributed by atoms with Gasteiger partial charge in [-0.1, -0.05) is 35.9 Å². The van der Waals surface area contributed by atoms with Crippen molar-refractivity contribution in [2.75, 3.05) is 0 Å². The summed E-state index contributed by atoms with van der Waals surface area (Å²) in [5.41, 5.74) is 1.69. The first kappa shape index (κ1) is 12.0. The van der Waals surface area contributed by atoms with Gasteiger partial charge in [-0.3, -0.25) is 0 Å². The van der Waals surface area contributed by atoms with Gasteiger partial charge in [0.1, 0.15) is 0 Å². The van der Waals surface area contributed by atoms with E-state index in [9.17, 15) is 5.11 Å². The second-order valence-electron chi connectivity index (χ2n) is 4.62. The molecule has 0 fully saturated rings. The van der Waals surface area contributed by atoms with Crippen molar-refractivity contribution >= 4 is 0 Å². The third-order valence-corrected chi connectivity index (χ3v) is 2.48. The molecule has 0 saturated carbocycles. The van der Waals surface area contributed by atoms with Crippen LogP contribution in [0.4, 0.5) is 0 Å². The zero-order valence-electron chi connectivity index (χ0n) is 9.66. The van der Waals surface area contributed by atoms with E-state index >= 15 is 0 Å². The van der Waals surface area contributed by atoms with Crippen LogP contribution in [0.2, 0.25) is 0 Å². The highest BCUT2D eigenvalue weighted by molar-refractivity contribution is 5.15. The Morgan fingerprint density at radius 1 is 1.33 bits per heavy atom. The highest BCUT2D eigenvalue weighted by Gasteiger charge is 2.19. The van der Waals surface area contributed by atoms with E-state index < -0.39 is 5.60 Å². The Labute approximate surface area is 92.5 Å². The molecule has 0 unspecified atom stereocenters. The molecule has 1 rings (SSSR count). The highest BCUT2D eigenvalue weighted by atomic mass is 16.3. The van der Waals surface area contributed by atoms with Crippen molar-refractivity contribution < 1.29 is 5.11 Å². The average Bonchev–Trinajstić information content (AvgIpc) is 2.15. The second kappa shape index (κ2) is 5.13. The van der Waals surface area contributed by atoms with Crippen molar-refractivity contribution in [3.63, 3.8) is 0 Å². The van der Waals surface area contributed by atoms with Gasteiger partial charge in [-0.05, 0) is 38.7 Å². The van der Waals surface area contributed by atoms with Gasteiger partial charge in [-0.15, -0.1) is 6.58 Å². The normalized spacial score (nSPS) is 14.6. The van der Waals surface area contributed by atoms with Crippen LogP contribution >= 0.6 is 0 Å². The summed E-state index contributed by atoms with van der Waals surface area (Å²) >= 11 is 0. The van der Waals surface area contributed by atoms with Crippen LogP contribution in [0.1, 0.15) is 32.3 Å². The Kier molecular flexibility index (Phi) is 4.10. The Balaban J connectivity index is 2.46. The monoisotopic (exact) mass is 204 g/mol. The molecule has 0 spiro atoms. The smallest absolute Gasteiger partial charge is 0.0659 e. The summed E-state index contributed by atoms with van der Waals surface area (Å²) in [6.45, 7) is 7.67. The molecule has 0 aliphatic carbocycles. The second-order valence-corrected chi connectivity index (χ2v) is 4.62. The van der Waals surface area contributed by atoms with E-state index in [1.807, 2.05) is 32.0 Å². The van der Waals surface area contributed by atoms with Crippen LogP contribution in [-0.4, -0.2) is 10.7 Å². The Hall–Kier alpha value is -1.08. The fourth-order valence-corrected chi connectivity index (χ4v) is 1.80. The predicted molar refractivity (Wildman–Crippen MR) is 64.8 cm³/mol. The van der Waals surface area contributed by atoms with Gasteiger partial charge in [-0.25, -0.2) is 0 Å². The topological polar surface area (TPSA) is 20.2 Å². The molecular formula is C14H20O. The fraction of sp³-hybridized carbons (Fsp3) is 0.429. The fourth-order valence-electron chi connectivity index (χ4n) is 1.80. The van der Waals surface area contributed by atoms with Gasteiger partial charge in [0.25, 0.3) is 0 Å². The van der Waals surface area contributed by atoms with Crippen molar-refractivity contribution in [1.29, 1.82) is 0 Å². The van der Waals surface area contributed by atoms with E-state index in [1.54, 1.807) is 0 Å². The van der Waals surface area contributed by atoms with Gasteiger partial charge in [0.2, 0.25) is 0 Å². The Morgan fingerprint density at radius 3 is 2.47 bits per heavy atom. The molecule has 0 bridgehead atoms. The summed E-state index contributed by atoms with van der Waals surface area (Å²) in [4.78, 5) is 0. The van der Waals surface area contributed by atoms with Crippen LogP contribution in [0.3, 0.4) is 0 Å². The quantitative estimate of drug-likeness (QED) is 0.729. The number of hydrogen-bond acceptors (Lipinski definition) is 1. The van der Waals surface area contributed by atoms with Crippen molar-refractivity contribution in [3.8, 4) is 0 Å². The lowest BCUT2D eigenvalue weighted by atomic mass is 9.91. The maximum Gasteiger partial charge on any atom is 0.0659 e. The zero-order chi connectivity index (χ0) is 11.3. The minimum absolute atomic E-state index is 0.623. The molecule has 0 heterocycles. The minimum atomic E-state index is -0.623. The maximum atomic E-state index is 10.1. The van der Waals surface area contributed by atoms with Crippen LogP contribution in [-0.2, 0) is 6.42 Å².